The van der Waals surface area contributed by atoms with Crippen LogP contribution in [0.15, 0.2) is 23.3 Å². The molecule has 8 heteroatoms. The third-order valence-corrected chi connectivity index (χ3v) is 12.3. The Morgan fingerprint density at radius 1 is 1.22 bits per heavy atom. The van der Waals surface area contributed by atoms with Gasteiger partial charge in [-0.15, -0.1) is 0 Å². The van der Waals surface area contributed by atoms with Gasteiger partial charge in [0.1, 0.15) is 11.2 Å². The van der Waals surface area contributed by atoms with E-state index in [1.54, 1.807) is 13.0 Å². The average molecular weight is 521 g/mol. The molecule has 4 rings (SSSR count). The number of rotatable bonds is 7. The summed E-state index contributed by atoms with van der Waals surface area (Å²) in [7, 11) is -2.23. The lowest BCUT2D eigenvalue weighted by Gasteiger charge is -2.54. The standard InChI is InChI=1S/C28H44O7Si/c1-9-10-11-36(7,8)35-24-17(3)27(33)20(22-25(5,6)28(22,24)34-18(4)30)13-19(15-29)14-26(32)21(27)12-16(2)23(26)31/h12-13,17,20-22,24,29,32-33H,9-11,14-15H2,1-8H3/t17-,20?,21-,22-,24-,26-,27-,28-/m1/s1. The molecule has 7 nitrogen and oxygen atoms in total. The summed E-state index contributed by atoms with van der Waals surface area (Å²) in [6.07, 6.45) is 5.00. The van der Waals surface area contributed by atoms with Crippen molar-refractivity contribution in [1.82, 2.24) is 0 Å². The highest BCUT2D eigenvalue weighted by molar-refractivity contribution is 6.71. The van der Waals surface area contributed by atoms with Crippen LogP contribution in [0.25, 0.3) is 0 Å². The van der Waals surface area contributed by atoms with E-state index in [2.05, 4.69) is 20.0 Å². The molecule has 0 bridgehead atoms. The predicted octanol–water partition coefficient (Wildman–Crippen LogP) is 3.53. The number of carbonyl (C=O) groups excluding carboxylic acids is 2. The number of Topliss-reactive ketones (excluding diaryl/α,β-unsaturated/α-hetero) is 1. The summed E-state index contributed by atoms with van der Waals surface area (Å²) >= 11 is 0. The van der Waals surface area contributed by atoms with E-state index < -0.39 is 66.1 Å². The van der Waals surface area contributed by atoms with Crippen molar-refractivity contribution in [1.29, 1.82) is 0 Å². The smallest absolute Gasteiger partial charge is 0.303 e. The van der Waals surface area contributed by atoms with E-state index in [0.29, 0.717) is 11.1 Å². The highest BCUT2D eigenvalue weighted by Crippen LogP contribution is 2.77. The molecule has 0 amide bonds. The maximum Gasteiger partial charge on any atom is 0.303 e. The Labute approximate surface area is 216 Å². The first-order chi connectivity index (χ1) is 16.5. The number of fused-ring (bicyclic) bond motifs is 5. The van der Waals surface area contributed by atoms with Gasteiger partial charge in [-0.1, -0.05) is 52.7 Å². The minimum Gasteiger partial charge on any atom is -0.456 e. The van der Waals surface area contributed by atoms with Crippen LogP contribution in [-0.2, 0) is 18.8 Å². The normalized spacial score (nSPS) is 43.0. The number of unbranched alkanes of at least 4 members (excludes halogenated alkanes) is 1. The highest BCUT2D eigenvalue weighted by Gasteiger charge is 2.87. The van der Waals surface area contributed by atoms with E-state index in [1.165, 1.54) is 6.92 Å². The summed E-state index contributed by atoms with van der Waals surface area (Å²) in [4.78, 5) is 25.7. The molecule has 2 fully saturated rings. The molecule has 8 atom stereocenters. The first kappa shape index (κ1) is 27.7. The Kier molecular flexibility index (Phi) is 6.62. The number of ether oxygens (including phenoxy) is 1. The van der Waals surface area contributed by atoms with Crippen molar-refractivity contribution in [3.63, 3.8) is 0 Å². The summed E-state index contributed by atoms with van der Waals surface area (Å²) in [5.74, 6) is -3.07. The predicted molar refractivity (Wildman–Crippen MR) is 138 cm³/mol. The molecule has 0 aromatic rings. The van der Waals surface area contributed by atoms with Gasteiger partial charge in [0.05, 0.1) is 18.3 Å². The van der Waals surface area contributed by atoms with Gasteiger partial charge in [0.15, 0.2) is 14.1 Å². The molecule has 0 aromatic heterocycles. The topological polar surface area (TPSA) is 113 Å². The van der Waals surface area contributed by atoms with E-state index >= 15 is 0 Å². The minimum absolute atomic E-state index is 0.0393. The second kappa shape index (κ2) is 8.60. The van der Waals surface area contributed by atoms with Crippen LogP contribution < -0.4 is 0 Å². The van der Waals surface area contributed by atoms with Gasteiger partial charge < -0.3 is 24.5 Å². The van der Waals surface area contributed by atoms with Gasteiger partial charge in [-0.2, -0.15) is 0 Å². The Bertz CT molecular complexity index is 1020. The largest absolute Gasteiger partial charge is 0.456 e. The van der Waals surface area contributed by atoms with Crippen LogP contribution in [0.4, 0.5) is 0 Å². The van der Waals surface area contributed by atoms with Crippen molar-refractivity contribution in [3.8, 4) is 0 Å². The molecule has 2 saturated carbocycles. The number of hydrogen-bond donors (Lipinski definition) is 3. The first-order valence-electron chi connectivity index (χ1n) is 13.4. The fourth-order valence-electron chi connectivity index (χ4n) is 8.07. The molecule has 0 saturated heterocycles. The highest BCUT2D eigenvalue weighted by atomic mass is 28.4. The number of esters is 1. The van der Waals surface area contributed by atoms with E-state index in [9.17, 15) is 24.9 Å². The van der Waals surface area contributed by atoms with Gasteiger partial charge >= 0.3 is 5.97 Å². The van der Waals surface area contributed by atoms with Gasteiger partial charge in [0.2, 0.25) is 0 Å². The van der Waals surface area contributed by atoms with Gasteiger partial charge in [0, 0.05) is 42.4 Å². The zero-order valence-corrected chi connectivity index (χ0v) is 24.1. The Morgan fingerprint density at radius 2 is 1.86 bits per heavy atom. The number of ketones is 1. The van der Waals surface area contributed by atoms with Crippen molar-refractivity contribution >= 4 is 20.1 Å². The number of aliphatic hydroxyl groups excluding tert-OH is 1. The van der Waals surface area contributed by atoms with Crippen LogP contribution in [0, 0.1) is 29.1 Å². The van der Waals surface area contributed by atoms with Crippen LogP contribution in [0.1, 0.15) is 60.8 Å². The summed E-state index contributed by atoms with van der Waals surface area (Å²) < 4.78 is 13.2. The van der Waals surface area contributed by atoms with Gasteiger partial charge in [-0.3, -0.25) is 9.59 Å². The van der Waals surface area contributed by atoms with E-state index in [-0.39, 0.29) is 18.9 Å². The Morgan fingerprint density at radius 3 is 2.42 bits per heavy atom. The minimum atomic E-state index is -2.23. The van der Waals surface area contributed by atoms with E-state index in [4.69, 9.17) is 9.16 Å². The fraction of sp³-hybridized carbons (Fsp3) is 0.786. The van der Waals surface area contributed by atoms with E-state index in [1.807, 2.05) is 26.8 Å². The second-order valence-electron chi connectivity index (χ2n) is 12.9. The summed E-state index contributed by atoms with van der Waals surface area (Å²) in [5, 5.41) is 34.7. The molecular formula is C28H44O7Si. The lowest BCUT2D eigenvalue weighted by atomic mass is 9.59. The van der Waals surface area contributed by atoms with Gasteiger partial charge in [-0.05, 0) is 37.2 Å². The molecule has 4 aliphatic rings. The van der Waals surface area contributed by atoms with Crippen LogP contribution in [0.3, 0.4) is 0 Å². The van der Waals surface area contributed by atoms with Crippen LogP contribution >= 0.6 is 0 Å². The lowest BCUT2D eigenvalue weighted by molar-refractivity contribution is -0.215. The SMILES string of the molecule is CCCC[Si](C)(C)O[C@@H]1[C@@H](C)[C@@]2(O)C(C=C(CO)C[C@]3(O)C(=O)C(C)=C[C@@H]23)[C@@H]2C(C)(C)[C@]12OC(C)=O. The number of hydrogen-bond acceptors (Lipinski definition) is 7. The van der Waals surface area contributed by atoms with Gasteiger partial charge in [-0.25, -0.2) is 0 Å². The monoisotopic (exact) mass is 520 g/mol. The summed E-state index contributed by atoms with van der Waals surface area (Å²) in [6.45, 7) is 15.2. The second-order valence-corrected chi connectivity index (χ2v) is 17.2. The van der Waals surface area contributed by atoms with Crippen LogP contribution in [-0.4, -0.2) is 64.9 Å². The van der Waals surface area contributed by atoms with Crippen LogP contribution in [0.5, 0.6) is 0 Å². The maximum atomic E-state index is 13.2. The lowest BCUT2D eigenvalue weighted by Crippen LogP contribution is -2.67. The molecule has 0 spiro atoms. The molecule has 3 N–H and O–H groups in total. The van der Waals surface area contributed by atoms with Crippen molar-refractivity contribution in [2.75, 3.05) is 6.61 Å². The number of aliphatic hydroxyl groups is 3. The summed E-state index contributed by atoms with van der Waals surface area (Å²) in [5.41, 5.74) is -3.92. The number of carbonyl (C=O) groups is 2. The Balaban J connectivity index is 1.92. The molecule has 36 heavy (non-hydrogen) atoms. The quantitative estimate of drug-likeness (QED) is 0.267. The van der Waals surface area contributed by atoms with Crippen molar-refractivity contribution in [2.45, 2.75) is 103 Å². The zero-order valence-electron chi connectivity index (χ0n) is 23.1. The maximum absolute atomic E-state index is 13.2. The first-order valence-corrected chi connectivity index (χ1v) is 16.5. The fourth-order valence-corrected chi connectivity index (χ4v) is 10.5. The molecular weight excluding hydrogens is 476 g/mol. The van der Waals surface area contributed by atoms with Crippen molar-refractivity contribution in [2.24, 2.45) is 29.1 Å². The van der Waals surface area contributed by atoms with Crippen LogP contribution in [0.2, 0.25) is 19.1 Å². The molecule has 202 valence electrons. The molecule has 0 aliphatic heterocycles. The van der Waals surface area contributed by atoms with Crippen molar-refractivity contribution < 1.29 is 34.1 Å². The summed E-state index contributed by atoms with van der Waals surface area (Å²) in [6, 6.07) is 0.940. The molecule has 0 radical (unpaired) electrons. The molecule has 0 heterocycles. The van der Waals surface area contributed by atoms with Gasteiger partial charge in [0.25, 0.3) is 0 Å². The average Bonchev–Trinajstić information content (AvgIpc) is 3.20. The van der Waals surface area contributed by atoms with E-state index in [0.717, 1.165) is 18.9 Å². The third kappa shape index (κ3) is 3.58. The molecule has 4 aliphatic carbocycles. The molecule has 0 aromatic carbocycles. The zero-order chi connectivity index (χ0) is 27.1. The Hall–Kier alpha value is -1.32. The molecule has 1 unspecified atom stereocenters. The van der Waals surface area contributed by atoms with Crippen molar-refractivity contribution in [3.05, 3.63) is 23.3 Å². The third-order valence-electron chi connectivity index (χ3n) is 9.85.